The van der Waals surface area contributed by atoms with Crippen LogP contribution in [0, 0.1) is 0 Å². The summed E-state index contributed by atoms with van der Waals surface area (Å²) in [6.45, 7) is 0.478. The monoisotopic (exact) mass is 285 g/mol. The Hall–Kier alpha value is -1.05. The third-order valence-corrected chi connectivity index (χ3v) is 4.18. The van der Waals surface area contributed by atoms with Crippen LogP contribution in [-0.4, -0.2) is 36.4 Å². The Morgan fingerprint density at radius 1 is 1.44 bits per heavy atom. The third-order valence-electron chi connectivity index (χ3n) is 2.33. The van der Waals surface area contributed by atoms with Crippen LogP contribution in [0.25, 0.3) is 5.65 Å². The molecule has 0 bridgehead atoms. The van der Waals surface area contributed by atoms with E-state index >= 15 is 0 Å². The maximum absolute atomic E-state index is 10.9. The summed E-state index contributed by atoms with van der Waals surface area (Å²) in [7, 11) is -3.07. The SMILES string of the molecule is CS(=O)(=O)NCCCSc1cccc2nccn12. The van der Waals surface area contributed by atoms with Crippen molar-refractivity contribution in [3.63, 3.8) is 0 Å². The highest BCUT2D eigenvalue weighted by atomic mass is 32.2. The molecule has 7 heteroatoms. The van der Waals surface area contributed by atoms with Crippen LogP contribution in [0.1, 0.15) is 6.42 Å². The number of nitrogens with one attached hydrogen (secondary N) is 1. The summed E-state index contributed by atoms with van der Waals surface area (Å²) < 4.78 is 26.3. The minimum Gasteiger partial charge on any atom is -0.294 e. The van der Waals surface area contributed by atoms with Crippen molar-refractivity contribution in [2.75, 3.05) is 18.6 Å². The van der Waals surface area contributed by atoms with Crippen LogP contribution < -0.4 is 4.72 Å². The molecule has 5 nitrogen and oxygen atoms in total. The maximum Gasteiger partial charge on any atom is 0.208 e. The van der Waals surface area contributed by atoms with Gasteiger partial charge in [-0.2, -0.15) is 0 Å². The quantitative estimate of drug-likeness (QED) is 0.643. The maximum atomic E-state index is 10.9. The highest BCUT2D eigenvalue weighted by molar-refractivity contribution is 7.99. The molecule has 18 heavy (non-hydrogen) atoms. The van der Waals surface area contributed by atoms with Crippen molar-refractivity contribution in [3.8, 4) is 0 Å². The zero-order chi connectivity index (χ0) is 13.0. The highest BCUT2D eigenvalue weighted by Gasteiger charge is 2.02. The van der Waals surface area contributed by atoms with Gasteiger partial charge in [-0.3, -0.25) is 4.40 Å². The van der Waals surface area contributed by atoms with E-state index < -0.39 is 10.0 Å². The molecule has 2 aromatic rings. The third kappa shape index (κ3) is 3.72. The average molecular weight is 285 g/mol. The largest absolute Gasteiger partial charge is 0.294 e. The summed E-state index contributed by atoms with van der Waals surface area (Å²) in [6, 6.07) is 5.96. The number of hydrogen-bond acceptors (Lipinski definition) is 4. The standard InChI is InChI=1S/C11H15N3O2S2/c1-18(15,16)13-6-3-9-17-11-5-2-4-10-12-7-8-14(10)11/h2,4-5,7-8,13H,3,6,9H2,1H3. The molecule has 1 N–H and O–H groups in total. The summed E-state index contributed by atoms with van der Waals surface area (Å²) in [5.74, 6) is 0.861. The number of hydrogen-bond donors (Lipinski definition) is 1. The number of sulfonamides is 1. The van der Waals surface area contributed by atoms with Gasteiger partial charge in [0.2, 0.25) is 10.0 Å². The van der Waals surface area contributed by atoms with E-state index in [2.05, 4.69) is 9.71 Å². The lowest BCUT2D eigenvalue weighted by Gasteiger charge is -2.05. The van der Waals surface area contributed by atoms with Gasteiger partial charge in [0.05, 0.1) is 11.3 Å². The molecule has 2 rings (SSSR count). The van der Waals surface area contributed by atoms with Crippen molar-refractivity contribution >= 4 is 27.4 Å². The normalized spacial score (nSPS) is 12.1. The average Bonchev–Trinajstić information content (AvgIpc) is 2.75. The number of pyridine rings is 1. The van der Waals surface area contributed by atoms with E-state index in [0.717, 1.165) is 22.8 Å². The van der Waals surface area contributed by atoms with Gasteiger partial charge in [0, 0.05) is 24.7 Å². The molecular formula is C11H15N3O2S2. The molecular weight excluding hydrogens is 270 g/mol. The zero-order valence-corrected chi connectivity index (χ0v) is 11.7. The van der Waals surface area contributed by atoms with Crippen molar-refractivity contribution in [2.45, 2.75) is 11.4 Å². The second-order valence-corrected chi connectivity index (χ2v) is 6.84. The topological polar surface area (TPSA) is 63.5 Å². The molecule has 0 amide bonds. The Kier molecular flexibility index (Phi) is 4.26. The molecule has 0 atom stereocenters. The molecule has 0 fully saturated rings. The Labute approximate surface area is 111 Å². The van der Waals surface area contributed by atoms with Crippen LogP contribution in [0.3, 0.4) is 0 Å². The first-order valence-corrected chi connectivity index (χ1v) is 8.43. The molecule has 0 spiro atoms. The van der Waals surface area contributed by atoms with Gasteiger partial charge in [-0.15, -0.1) is 11.8 Å². The molecule has 0 radical (unpaired) electrons. The van der Waals surface area contributed by atoms with Gasteiger partial charge in [-0.05, 0) is 18.6 Å². The van der Waals surface area contributed by atoms with E-state index in [1.165, 1.54) is 6.26 Å². The number of nitrogens with zero attached hydrogens (tertiary/aromatic N) is 2. The van der Waals surface area contributed by atoms with Crippen LogP contribution >= 0.6 is 11.8 Å². The van der Waals surface area contributed by atoms with Crippen LogP contribution in [0.2, 0.25) is 0 Å². The number of thioether (sulfide) groups is 1. The molecule has 2 aromatic heterocycles. The molecule has 0 unspecified atom stereocenters. The Morgan fingerprint density at radius 3 is 3.06 bits per heavy atom. The van der Waals surface area contributed by atoms with Gasteiger partial charge in [0.1, 0.15) is 5.65 Å². The lowest BCUT2D eigenvalue weighted by molar-refractivity contribution is 0.587. The minimum absolute atomic E-state index is 0.478. The second-order valence-electron chi connectivity index (χ2n) is 3.89. The van der Waals surface area contributed by atoms with E-state index in [1.807, 2.05) is 28.8 Å². The first-order chi connectivity index (χ1) is 8.56. The highest BCUT2D eigenvalue weighted by Crippen LogP contribution is 2.19. The molecule has 0 aliphatic carbocycles. The molecule has 0 saturated heterocycles. The molecule has 0 aliphatic rings. The lowest BCUT2D eigenvalue weighted by Crippen LogP contribution is -2.23. The van der Waals surface area contributed by atoms with Gasteiger partial charge in [0.15, 0.2) is 0 Å². The molecule has 2 heterocycles. The Bertz CT molecular complexity index is 622. The van der Waals surface area contributed by atoms with E-state index in [4.69, 9.17) is 0 Å². The fourth-order valence-corrected chi connectivity index (χ4v) is 3.03. The Balaban J connectivity index is 1.85. The summed E-state index contributed by atoms with van der Waals surface area (Å²) in [5, 5.41) is 1.12. The van der Waals surface area contributed by atoms with Gasteiger partial charge in [0.25, 0.3) is 0 Å². The van der Waals surface area contributed by atoms with Crippen LogP contribution in [-0.2, 0) is 10.0 Å². The van der Waals surface area contributed by atoms with E-state index in [0.29, 0.717) is 6.54 Å². The first kappa shape index (κ1) is 13.4. The number of rotatable bonds is 6. The fourth-order valence-electron chi connectivity index (χ4n) is 1.55. The molecule has 0 aliphatic heterocycles. The van der Waals surface area contributed by atoms with E-state index in [9.17, 15) is 8.42 Å². The molecule has 0 saturated carbocycles. The molecule has 0 aromatic carbocycles. The van der Waals surface area contributed by atoms with Crippen LogP contribution in [0.4, 0.5) is 0 Å². The zero-order valence-electron chi connectivity index (χ0n) is 10.0. The van der Waals surface area contributed by atoms with Gasteiger partial charge >= 0.3 is 0 Å². The Morgan fingerprint density at radius 2 is 2.28 bits per heavy atom. The lowest BCUT2D eigenvalue weighted by atomic mass is 10.5. The first-order valence-electron chi connectivity index (χ1n) is 5.56. The number of aromatic nitrogens is 2. The van der Waals surface area contributed by atoms with Crippen molar-refractivity contribution in [1.29, 1.82) is 0 Å². The van der Waals surface area contributed by atoms with E-state index in [-0.39, 0.29) is 0 Å². The number of fused-ring (bicyclic) bond motifs is 1. The fraction of sp³-hybridized carbons (Fsp3) is 0.364. The predicted molar refractivity (Wildman–Crippen MR) is 73.4 cm³/mol. The summed E-state index contributed by atoms with van der Waals surface area (Å²) in [4.78, 5) is 4.21. The summed E-state index contributed by atoms with van der Waals surface area (Å²) in [5.41, 5.74) is 0.925. The molecule has 98 valence electrons. The van der Waals surface area contributed by atoms with Crippen molar-refractivity contribution in [2.24, 2.45) is 0 Å². The number of imidazole rings is 1. The van der Waals surface area contributed by atoms with Crippen molar-refractivity contribution in [1.82, 2.24) is 14.1 Å². The van der Waals surface area contributed by atoms with Gasteiger partial charge in [-0.25, -0.2) is 18.1 Å². The van der Waals surface area contributed by atoms with E-state index in [1.54, 1.807) is 18.0 Å². The second kappa shape index (κ2) is 5.73. The summed E-state index contributed by atoms with van der Waals surface area (Å²) in [6.07, 6.45) is 5.66. The van der Waals surface area contributed by atoms with Crippen LogP contribution in [0.5, 0.6) is 0 Å². The minimum atomic E-state index is -3.07. The predicted octanol–water partition coefficient (Wildman–Crippen LogP) is 1.37. The van der Waals surface area contributed by atoms with Gasteiger partial charge < -0.3 is 0 Å². The summed E-state index contributed by atoms with van der Waals surface area (Å²) >= 11 is 1.69. The van der Waals surface area contributed by atoms with Crippen molar-refractivity contribution < 1.29 is 8.42 Å². The van der Waals surface area contributed by atoms with Gasteiger partial charge in [-0.1, -0.05) is 6.07 Å². The van der Waals surface area contributed by atoms with Crippen molar-refractivity contribution in [3.05, 3.63) is 30.6 Å². The van der Waals surface area contributed by atoms with Crippen LogP contribution in [0.15, 0.2) is 35.6 Å². The smallest absolute Gasteiger partial charge is 0.208 e.